The number of anilines is 1. The van der Waals surface area contributed by atoms with Gasteiger partial charge in [-0.1, -0.05) is 0 Å². The van der Waals surface area contributed by atoms with E-state index in [1.165, 1.54) is 9.56 Å². The molecule has 88 valence electrons. The van der Waals surface area contributed by atoms with Gasteiger partial charge in [0.15, 0.2) is 0 Å². The molecule has 0 saturated heterocycles. The summed E-state index contributed by atoms with van der Waals surface area (Å²) in [5.41, 5.74) is 6.78. The summed E-state index contributed by atoms with van der Waals surface area (Å²) >= 11 is 5.70. The Morgan fingerprint density at radius 3 is 2.65 bits per heavy atom. The van der Waals surface area contributed by atoms with E-state index < -0.39 is 0 Å². The number of hydrogen-bond donors (Lipinski definition) is 1. The van der Waals surface area contributed by atoms with E-state index in [0.29, 0.717) is 0 Å². The Morgan fingerprint density at radius 2 is 1.94 bits per heavy atom. The molecule has 0 aliphatic carbocycles. The minimum atomic E-state index is -0.176. The zero-order valence-corrected chi connectivity index (χ0v) is 12.3. The van der Waals surface area contributed by atoms with Crippen molar-refractivity contribution >= 4 is 37.4 Å². The van der Waals surface area contributed by atoms with Crippen molar-refractivity contribution in [2.24, 2.45) is 0 Å². The van der Waals surface area contributed by atoms with Crippen molar-refractivity contribution in [2.75, 3.05) is 5.73 Å². The number of aryl methyl sites for hydroxylation is 1. The number of aromatic nitrogens is 1. The van der Waals surface area contributed by atoms with Gasteiger partial charge in [-0.15, -0.1) is 0 Å². The number of pyridine rings is 1. The fraction of sp³-hybridized carbons (Fsp3) is 0.154. The number of hydrogen-bond acceptors (Lipinski definition) is 1. The van der Waals surface area contributed by atoms with E-state index in [4.69, 9.17) is 17.3 Å². The molecule has 0 aliphatic rings. The molecule has 2 aromatic rings. The molecule has 1 atom stereocenters. The molecule has 0 bridgehead atoms. The summed E-state index contributed by atoms with van der Waals surface area (Å²) in [4.78, 5) is 0. The van der Waals surface area contributed by atoms with E-state index in [0.717, 1.165) is 17.3 Å². The molecule has 0 aliphatic heterocycles. The van der Waals surface area contributed by atoms with E-state index in [1.807, 2.05) is 18.2 Å². The van der Waals surface area contributed by atoms with Gasteiger partial charge in [-0.3, -0.25) is 0 Å². The predicted octanol–water partition coefficient (Wildman–Crippen LogP) is 1.39. The van der Waals surface area contributed by atoms with Crippen LogP contribution in [0.25, 0.3) is 0 Å². The predicted molar refractivity (Wildman–Crippen MR) is 74.1 cm³/mol. The number of nitrogen functional groups attached to an aromatic ring is 1. The molecule has 1 aromatic heterocycles. The van der Waals surface area contributed by atoms with Crippen LogP contribution in [0.15, 0.2) is 48.8 Å². The topological polar surface area (TPSA) is 29.9 Å². The van der Waals surface area contributed by atoms with Crippen molar-refractivity contribution in [3.8, 4) is 0 Å². The van der Waals surface area contributed by atoms with Crippen molar-refractivity contribution < 1.29 is 4.57 Å². The van der Waals surface area contributed by atoms with Gasteiger partial charge in [-0.05, 0) is 0 Å². The van der Waals surface area contributed by atoms with Crippen LogP contribution in [0.1, 0.15) is 0 Å². The quantitative estimate of drug-likeness (QED) is 0.516. The van der Waals surface area contributed by atoms with Gasteiger partial charge in [0.2, 0.25) is 0 Å². The zero-order chi connectivity index (χ0) is 12.1. The normalized spacial score (nSPS) is 11.1. The molecule has 0 spiro atoms. The number of nitrogens with zero attached hydrogens (tertiary/aromatic N) is 1. The zero-order valence-electron chi connectivity index (χ0n) is 9.44. The second-order valence-corrected chi connectivity index (χ2v) is 7.13. The van der Waals surface area contributed by atoms with E-state index >= 15 is 0 Å². The molecule has 4 heteroatoms. The summed E-state index contributed by atoms with van der Waals surface area (Å²) < 4.78 is 3.50. The van der Waals surface area contributed by atoms with E-state index in [9.17, 15) is 0 Å². The summed E-state index contributed by atoms with van der Waals surface area (Å²) in [6, 6.07) is 12.0. The number of benzene rings is 1. The monoisotopic (exact) mass is 309 g/mol. The molecular weight excluding hydrogens is 295 g/mol. The molecule has 2 rings (SSSR count). The Bertz CT molecular complexity index is 488. The Labute approximate surface area is 113 Å². The molecule has 2 nitrogen and oxygen atoms in total. The average Bonchev–Trinajstić information content (AvgIpc) is 2.33. The van der Waals surface area contributed by atoms with E-state index in [2.05, 4.69) is 35.2 Å². The molecule has 0 radical (unpaired) electrons. The molecule has 17 heavy (non-hydrogen) atoms. The van der Waals surface area contributed by atoms with Gasteiger partial charge in [-0.25, -0.2) is 0 Å². The van der Waals surface area contributed by atoms with Gasteiger partial charge in [0.1, 0.15) is 0 Å². The maximum atomic E-state index is 5.94. The summed E-state index contributed by atoms with van der Waals surface area (Å²) in [7, 11) is 0. The molecule has 0 fully saturated rings. The van der Waals surface area contributed by atoms with Gasteiger partial charge in [0, 0.05) is 0 Å². The van der Waals surface area contributed by atoms with E-state index in [1.54, 1.807) is 0 Å². The average molecular weight is 310 g/mol. The van der Waals surface area contributed by atoms with Crippen LogP contribution in [0.4, 0.5) is 5.69 Å². The number of rotatable bonds is 4. The maximum absolute atomic E-state index is 5.94. The van der Waals surface area contributed by atoms with Crippen LogP contribution in [-0.2, 0) is 6.54 Å². The minimum absolute atomic E-state index is 0.176. The van der Waals surface area contributed by atoms with Gasteiger partial charge in [-0.2, -0.15) is 0 Å². The molecule has 1 aromatic carbocycles. The van der Waals surface area contributed by atoms with Crippen molar-refractivity contribution in [1.82, 2.24) is 0 Å². The Morgan fingerprint density at radius 1 is 1.18 bits per heavy atom. The second kappa shape index (κ2) is 6.09. The van der Waals surface area contributed by atoms with Crippen molar-refractivity contribution in [1.29, 1.82) is 0 Å². The van der Waals surface area contributed by atoms with Gasteiger partial charge in [0.05, 0.1) is 0 Å². The number of halogens is 1. The van der Waals surface area contributed by atoms with Gasteiger partial charge >= 0.3 is 113 Å². The Balaban J connectivity index is 1.90. The third kappa shape index (κ3) is 3.76. The summed E-state index contributed by atoms with van der Waals surface area (Å²) in [6.07, 6.45) is 4.19. The molecule has 2 N–H and O–H groups in total. The van der Waals surface area contributed by atoms with Crippen LogP contribution in [0.5, 0.6) is 0 Å². The fourth-order valence-electron chi connectivity index (χ4n) is 1.60. The van der Waals surface area contributed by atoms with Crippen LogP contribution in [0, 0.1) is 0 Å². The molecule has 1 heterocycles. The van der Waals surface area contributed by atoms with E-state index in [-0.39, 0.29) is 15.8 Å². The summed E-state index contributed by atoms with van der Waals surface area (Å²) in [5.74, 6) is 0. The molecule has 0 amide bonds. The van der Waals surface area contributed by atoms with Crippen molar-refractivity contribution in [3.05, 3.63) is 53.8 Å². The van der Waals surface area contributed by atoms with Crippen LogP contribution in [0.3, 0.4) is 0 Å². The van der Waals surface area contributed by atoms with Crippen LogP contribution in [0.2, 0.25) is 10.2 Å². The molecule has 0 saturated carbocycles. The molecule has 1 unspecified atom stereocenters. The van der Waals surface area contributed by atoms with Crippen molar-refractivity contribution in [2.45, 2.75) is 11.8 Å². The Kier molecular flexibility index (Phi) is 4.47. The van der Waals surface area contributed by atoms with Crippen LogP contribution in [-0.4, -0.2) is 15.8 Å². The third-order valence-corrected chi connectivity index (χ3v) is 5.46. The standard InChI is InChI=1S/C13H15AsClN2/c15-11-4-5-12(13(16)10-11)14-6-9-17-7-2-1-3-8-17/h1-5,7-8,10,14H,6,9,16H2/q+1. The second-order valence-electron chi connectivity index (χ2n) is 3.77. The first kappa shape index (κ1) is 12.5. The van der Waals surface area contributed by atoms with Crippen LogP contribution < -0.4 is 14.7 Å². The SMILES string of the molecule is Nc1cc(Cl)ccc1[AsH]CC[n+]1ccccc1. The summed E-state index contributed by atoms with van der Waals surface area (Å²) in [5, 5.41) is 1.91. The number of nitrogens with two attached hydrogens (primary N) is 1. The first-order chi connectivity index (χ1) is 8.25. The van der Waals surface area contributed by atoms with Crippen LogP contribution >= 0.6 is 11.6 Å². The van der Waals surface area contributed by atoms with Gasteiger partial charge in [0.25, 0.3) is 0 Å². The first-order valence-corrected chi connectivity index (χ1v) is 8.40. The fourth-order valence-corrected chi connectivity index (χ4v) is 4.12. The van der Waals surface area contributed by atoms with Gasteiger partial charge < -0.3 is 0 Å². The molecular formula is C13H15AsClN2+. The van der Waals surface area contributed by atoms with Crippen molar-refractivity contribution in [3.63, 3.8) is 0 Å². The summed E-state index contributed by atoms with van der Waals surface area (Å²) in [6.45, 7) is 1.06. The Hall–Kier alpha value is -0.982. The third-order valence-electron chi connectivity index (χ3n) is 2.48. The first-order valence-electron chi connectivity index (χ1n) is 5.49.